The molecular formula is C38H33KP2. The molecule has 41 heavy (non-hydrogen) atoms. The van der Waals surface area contributed by atoms with E-state index in [4.69, 9.17) is 0 Å². The van der Waals surface area contributed by atoms with Crippen LogP contribution in [0.2, 0.25) is 0 Å². The van der Waals surface area contributed by atoms with Gasteiger partial charge in [-0.05, 0) is 59.3 Å². The first-order chi connectivity index (χ1) is 19.9. The maximum absolute atomic E-state index is 2.38. The molecule has 0 aliphatic heterocycles. The normalized spacial score (nSPS) is 10.9. The van der Waals surface area contributed by atoms with Crippen LogP contribution in [-0.4, -0.2) is 0 Å². The average molecular weight is 591 g/mol. The Kier molecular flexibility index (Phi) is 11.3. The van der Waals surface area contributed by atoms with E-state index in [2.05, 4.69) is 170 Å². The zero-order valence-electron chi connectivity index (χ0n) is 24.5. The molecule has 0 nitrogen and oxygen atoms in total. The predicted octanol–water partition coefficient (Wildman–Crippen LogP) is 5.74. The van der Waals surface area contributed by atoms with Gasteiger partial charge in [0.1, 0.15) is 0 Å². The fraction of sp³-hybridized carbons (Fsp3) is 0.0526. The van der Waals surface area contributed by atoms with E-state index in [1.807, 2.05) is 0 Å². The molecule has 0 N–H and O–H groups in total. The monoisotopic (exact) mass is 590 g/mol. The molecule has 0 atom stereocenters. The molecular weight excluding hydrogens is 557 g/mol. The maximum Gasteiger partial charge on any atom is 1.00 e. The Balaban J connectivity index is 0.00000202. The summed E-state index contributed by atoms with van der Waals surface area (Å²) in [4.78, 5) is 0. The molecule has 196 valence electrons. The Morgan fingerprint density at radius 1 is 0.366 bits per heavy atom. The number of benzene rings is 6. The Bertz CT molecular complexity index is 1550. The van der Waals surface area contributed by atoms with Gasteiger partial charge >= 0.3 is 51.4 Å². The fourth-order valence-electron chi connectivity index (χ4n) is 5.28. The third-order valence-corrected chi connectivity index (χ3v) is 12.2. The van der Waals surface area contributed by atoms with Gasteiger partial charge in [-0.25, -0.2) is 0 Å². The fourth-order valence-corrected chi connectivity index (χ4v) is 10.1. The van der Waals surface area contributed by atoms with Crippen molar-refractivity contribution in [1.29, 1.82) is 0 Å². The van der Waals surface area contributed by atoms with E-state index in [1.54, 1.807) is 0 Å². The van der Waals surface area contributed by atoms with Crippen molar-refractivity contribution < 1.29 is 52.8 Å². The molecule has 6 aromatic carbocycles. The van der Waals surface area contributed by atoms with Gasteiger partial charge in [-0.3, -0.25) is 0 Å². The molecule has 6 aromatic rings. The summed E-state index contributed by atoms with van der Waals surface area (Å²) in [6.45, 7) is 0. The third-order valence-electron chi connectivity index (χ3n) is 7.27. The molecule has 0 saturated heterocycles. The second kappa shape index (κ2) is 15.3. The Morgan fingerprint density at radius 2 is 0.732 bits per heavy atom. The summed E-state index contributed by atoms with van der Waals surface area (Å²) in [6.07, 6.45) is 2.03. The van der Waals surface area contributed by atoms with Crippen molar-refractivity contribution in [2.75, 3.05) is 0 Å². The second-order valence-corrected chi connectivity index (χ2v) is 14.2. The van der Waals surface area contributed by atoms with Crippen molar-refractivity contribution in [3.05, 3.63) is 181 Å². The van der Waals surface area contributed by atoms with E-state index < -0.39 is 15.8 Å². The summed E-state index contributed by atoms with van der Waals surface area (Å²) < 4.78 is 0. The molecule has 0 amide bonds. The van der Waals surface area contributed by atoms with E-state index in [1.165, 1.54) is 43.5 Å². The molecule has 0 aliphatic carbocycles. The van der Waals surface area contributed by atoms with E-state index >= 15 is 0 Å². The van der Waals surface area contributed by atoms with Gasteiger partial charge in [0, 0.05) is 12.3 Å². The number of hydrogen-bond acceptors (Lipinski definition) is 0. The van der Waals surface area contributed by atoms with Gasteiger partial charge in [0.05, 0.1) is 0 Å². The van der Waals surface area contributed by atoms with E-state index in [0.717, 1.165) is 12.3 Å². The van der Waals surface area contributed by atoms with Crippen LogP contribution >= 0.6 is 15.8 Å². The summed E-state index contributed by atoms with van der Waals surface area (Å²) >= 11 is 0. The molecule has 0 heterocycles. The van der Waals surface area contributed by atoms with Gasteiger partial charge in [0.2, 0.25) is 0 Å². The van der Waals surface area contributed by atoms with Gasteiger partial charge in [0.25, 0.3) is 0 Å². The van der Waals surface area contributed by atoms with Gasteiger partial charge in [-0.15, -0.1) is 0 Å². The van der Waals surface area contributed by atoms with Crippen LogP contribution < -0.4 is 72.6 Å². The van der Waals surface area contributed by atoms with Gasteiger partial charge < -0.3 is 1.43 Å². The summed E-state index contributed by atoms with van der Waals surface area (Å²) in [5.74, 6) is 0. The second-order valence-electron chi connectivity index (χ2n) is 9.82. The Hall–Kier alpha value is -2.18. The number of rotatable bonds is 9. The van der Waals surface area contributed by atoms with Crippen LogP contribution in [0, 0.1) is 0 Å². The molecule has 6 rings (SSSR count). The van der Waals surface area contributed by atoms with Crippen LogP contribution in [0.3, 0.4) is 0 Å². The quantitative estimate of drug-likeness (QED) is 0.149. The summed E-state index contributed by atoms with van der Waals surface area (Å²) in [7, 11) is -1.13. The van der Waals surface area contributed by atoms with Crippen LogP contribution in [0.5, 0.6) is 0 Å². The molecule has 0 aromatic heterocycles. The van der Waals surface area contributed by atoms with Crippen LogP contribution in [0.15, 0.2) is 170 Å². The van der Waals surface area contributed by atoms with Crippen molar-refractivity contribution >= 4 is 37.1 Å². The van der Waals surface area contributed by atoms with Gasteiger partial charge in [-0.1, -0.05) is 170 Å². The predicted molar refractivity (Wildman–Crippen MR) is 179 cm³/mol. The Labute approximate surface area is 291 Å². The number of hydrogen-bond donors (Lipinski definition) is 0. The van der Waals surface area contributed by atoms with Crippen molar-refractivity contribution in [2.24, 2.45) is 0 Å². The van der Waals surface area contributed by atoms with Crippen molar-refractivity contribution in [1.82, 2.24) is 0 Å². The van der Waals surface area contributed by atoms with Crippen LogP contribution in [-0.2, 0) is 12.3 Å². The summed E-state index contributed by atoms with van der Waals surface area (Å²) in [6, 6.07) is 62.3. The van der Waals surface area contributed by atoms with Crippen molar-refractivity contribution in [3.63, 3.8) is 0 Å². The van der Waals surface area contributed by atoms with Gasteiger partial charge in [-0.2, -0.15) is 0 Å². The largest absolute Gasteiger partial charge is 1.00 e. The van der Waals surface area contributed by atoms with E-state index in [0.29, 0.717) is 0 Å². The SMILES string of the molecule is [H-].[K+].c1ccc(-c2cccc(CP(c3ccccc3)c3ccccc3)c2CP(c2ccccc2)c2ccccc2)cc1. The minimum Gasteiger partial charge on any atom is -1.00 e. The molecule has 0 spiro atoms. The van der Waals surface area contributed by atoms with E-state index in [9.17, 15) is 0 Å². The van der Waals surface area contributed by atoms with E-state index in [-0.39, 0.29) is 52.8 Å². The molecule has 0 radical (unpaired) electrons. The van der Waals surface area contributed by atoms with Crippen molar-refractivity contribution in [3.8, 4) is 11.1 Å². The van der Waals surface area contributed by atoms with Gasteiger partial charge in [0.15, 0.2) is 0 Å². The molecule has 0 fully saturated rings. The molecule has 0 unspecified atom stereocenters. The van der Waals surface area contributed by atoms with Crippen LogP contribution in [0.1, 0.15) is 12.6 Å². The summed E-state index contributed by atoms with van der Waals surface area (Å²) in [5.41, 5.74) is 5.58. The smallest absolute Gasteiger partial charge is 1.00 e. The minimum atomic E-state index is -0.576. The molecule has 0 aliphatic rings. The van der Waals surface area contributed by atoms with Crippen LogP contribution in [0.25, 0.3) is 11.1 Å². The zero-order valence-corrected chi connectivity index (χ0v) is 28.4. The minimum absolute atomic E-state index is 0. The van der Waals surface area contributed by atoms with Crippen LogP contribution in [0.4, 0.5) is 0 Å². The zero-order chi connectivity index (χ0) is 27.0. The first kappa shape index (κ1) is 30.3. The molecule has 3 heteroatoms. The Morgan fingerprint density at radius 3 is 1.15 bits per heavy atom. The standard InChI is InChI=1S/C38H32P2.K.H/c1-6-17-31(18-7-1)37-28-16-19-32(29-39(33-20-8-2-9-21-33)34-22-10-3-11-23-34)38(37)30-40(35-24-12-4-13-25-35)36-26-14-5-15-27-36;;/h1-28H,29-30H2;;/q;+1;-1. The first-order valence-electron chi connectivity index (χ1n) is 13.8. The molecule has 0 saturated carbocycles. The topological polar surface area (TPSA) is 0 Å². The average Bonchev–Trinajstić information content (AvgIpc) is 3.05. The third kappa shape index (κ3) is 7.61. The summed E-state index contributed by atoms with van der Waals surface area (Å²) in [5, 5.41) is 5.69. The molecule has 0 bridgehead atoms. The first-order valence-corrected chi connectivity index (χ1v) is 16.8. The van der Waals surface area contributed by atoms with Crippen molar-refractivity contribution in [2.45, 2.75) is 12.3 Å². The maximum atomic E-state index is 2.38.